The van der Waals surface area contributed by atoms with E-state index in [4.69, 9.17) is 0 Å². The number of carbonyl (C=O) groups is 1. The Bertz CT molecular complexity index is 861. The maximum absolute atomic E-state index is 12.8. The summed E-state index contributed by atoms with van der Waals surface area (Å²) in [7, 11) is 0. The molecule has 2 aromatic rings. The number of carboxylic acid groups (broad SMARTS) is 1. The molecule has 0 bridgehead atoms. The van der Waals surface area contributed by atoms with E-state index in [1.54, 1.807) is 24.3 Å². The van der Waals surface area contributed by atoms with Gasteiger partial charge in [0.15, 0.2) is 0 Å². The Balaban J connectivity index is 2.64. The predicted octanol–water partition coefficient (Wildman–Crippen LogP) is 4.84. The maximum Gasteiger partial charge on any atom is 0.416 e. The van der Waals surface area contributed by atoms with Crippen LogP contribution in [0.3, 0.4) is 0 Å². The summed E-state index contributed by atoms with van der Waals surface area (Å²) in [5.74, 6) is -1.48. The van der Waals surface area contributed by atoms with Crippen molar-refractivity contribution in [3.8, 4) is 0 Å². The summed E-state index contributed by atoms with van der Waals surface area (Å²) in [6.45, 7) is 0. The zero-order valence-corrected chi connectivity index (χ0v) is 14.4. The fourth-order valence-corrected chi connectivity index (χ4v) is 2.43. The van der Waals surface area contributed by atoms with Crippen LogP contribution in [0.1, 0.15) is 16.7 Å². The van der Waals surface area contributed by atoms with Crippen LogP contribution in [-0.4, -0.2) is 16.0 Å². The third-order valence-electron chi connectivity index (χ3n) is 3.22. The van der Waals surface area contributed by atoms with Gasteiger partial charge in [0.25, 0.3) is 5.69 Å². The number of rotatable bonds is 4. The summed E-state index contributed by atoms with van der Waals surface area (Å²) in [5.41, 5.74) is -2.56. The lowest BCUT2D eigenvalue weighted by Gasteiger charge is -2.09. The molecule has 1 N–H and O–H groups in total. The highest BCUT2D eigenvalue weighted by molar-refractivity contribution is 14.1. The number of nitrogens with zero attached hydrogens (tertiary/aromatic N) is 1. The van der Waals surface area contributed by atoms with Crippen molar-refractivity contribution in [2.24, 2.45) is 0 Å². The summed E-state index contributed by atoms with van der Waals surface area (Å²) in [6, 6.07) is 8.35. The SMILES string of the molecule is O=C(O)/C(=C/c1ccc(I)cc1)c1ccc(C(F)(F)F)cc1[N+](=O)[O-]. The van der Waals surface area contributed by atoms with Gasteiger partial charge in [-0.25, -0.2) is 4.79 Å². The van der Waals surface area contributed by atoms with Crippen LogP contribution < -0.4 is 0 Å². The first-order valence-corrected chi connectivity index (χ1v) is 7.74. The second-order valence-electron chi connectivity index (χ2n) is 4.90. The summed E-state index contributed by atoms with van der Waals surface area (Å²) in [6.07, 6.45) is -3.60. The molecule has 0 saturated carbocycles. The molecule has 2 aromatic carbocycles. The van der Waals surface area contributed by atoms with Crippen LogP contribution in [0.15, 0.2) is 42.5 Å². The van der Waals surface area contributed by atoms with Crippen molar-refractivity contribution in [1.29, 1.82) is 0 Å². The van der Waals surface area contributed by atoms with Crippen LogP contribution in [0.5, 0.6) is 0 Å². The minimum absolute atomic E-state index is 0.333. The molecule has 0 aliphatic rings. The molecule has 0 aromatic heterocycles. The van der Waals surface area contributed by atoms with E-state index < -0.39 is 39.5 Å². The quantitative estimate of drug-likeness (QED) is 0.231. The lowest BCUT2D eigenvalue weighted by molar-refractivity contribution is -0.385. The maximum atomic E-state index is 12.8. The second kappa shape index (κ2) is 7.21. The van der Waals surface area contributed by atoms with Crippen LogP contribution in [0, 0.1) is 13.7 Å². The van der Waals surface area contributed by atoms with E-state index in [0.717, 1.165) is 9.64 Å². The van der Waals surface area contributed by atoms with Gasteiger partial charge in [-0.2, -0.15) is 13.2 Å². The first kappa shape index (κ1) is 18.9. The van der Waals surface area contributed by atoms with Gasteiger partial charge in [0.1, 0.15) is 0 Å². The fourth-order valence-electron chi connectivity index (χ4n) is 2.07. The van der Waals surface area contributed by atoms with Crippen LogP contribution in [-0.2, 0) is 11.0 Å². The Morgan fingerprint density at radius 1 is 1.16 bits per heavy atom. The molecule has 0 aliphatic heterocycles. The topological polar surface area (TPSA) is 80.4 Å². The van der Waals surface area contributed by atoms with Crippen LogP contribution in [0.25, 0.3) is 11.6 Å². The number of nitro groups is 1. The number of alkyl halides is 3. The van der Waals surface area contributed by atoms with Gasteiger partial charge in [-0.1, -0.05) is 12.1 Å². The lowest BCUT2D eigenvalue weighted by atomic mass is 9.99. The molecule has 0 spiro atoms. The molecular formula is C16H9F3INO4. The highest BCUT2D eigenvalue weighted by atomic mass is 127. The molecule has 0 fully saturated rings. The molecule has 0 amide bonds. The average molecular weight is 463 g/mol. The number of carboxylic acids is 1. The summed E-state index contributed by atoms with van der Waals surface area (Å²) in [4.78, 5) is 21.6. The molecule has 5 nitrogen and oxygen atoms in total. The number of aliphatic carboxylic acids is 1. The number of benzene rings is 2. The summed E-state index contributed by atoms with van der Waals surface area (Å²) >= 11 is 2.05. The average Bonchev–Trinajstić information content (AvgIpc) is 2.52. The van der Waals surface area contributed by atoms with Crippen molar-refractivity contribution in [1.82, 2.24) is 0 Å². The van der Waals surface area contributed by atoms with E-state index in [1.165, 1.54) is 6.08 Å². The number of nitro benzene ring substituents is 1. The van der Waals surface area contributed by atoms with Crippen molar-refractivity contribution in [2.75, 3.05) is 0 Å². The summed E-state index contributed by atoms with van der Waals surface area (Å²) in [5, 5.41) is 20.5. The van der Waals surface area contributed by atoms with E-state index in [0.29, 0.717) is 17.7 Å². The van der Waals surface area contributed by atoms with Gasteiger partial charge < -0.3 is 5.11 Å². The Labute approximate surface area is 153 Å². The van der Waals surface area contributed by atoms with Gasteiger partial charge in [-0.05, 0) is 58.5 Å². The zero-order valence-electron chi connectivity index (χ0n) is 12.2. The molecule has 0 heterocycles. The molecule has 0 radical (unpaired) electrons. The molecule has 130 valence electrons. The van der Waals surface area contributed by atoms with E-state index >= 15 is 0 Å². The molecule has 2 rings (SSSR count). The minimum Gasteiger partial charge on any atom is -0.478 e. The number of halogens is 4. The molecular weight excluding hydrogens is 454 g/mol. The zero-order chi connectivity index (χ0) is 18.8. The normalized spacial score (nSPS) is 12.1. The third kappa shape index (κ3) is 4.56. The molecule has 25 heavy (non-hydrogen) atoms. The van der Waals surface area contributed by atoms with Crippen molar-refractivity contribution in [3.05, 3.63) is 72.8 Å². The van der Waals surface area contributed by atoms with Crippen LogP contribution >= 0.6 is 22.6 Å². The van der Waals surface area contributed by atoms with Crippen LogP contribution in [0.4, 0.5) is 18.9 Å². The highest BCUT2D eigenvalue weighted by Crippen LogP contribution is 2.35. The number of hydrogen-bond donors (Lipinski definition) is 1. The van der Waals surface area contributed by atoms with Crippen molar-refractivity contribution >= 4 is 45.9 Å². The molecule has 0 aliphatic carbocycles. The Morgan fingerprint density at radius 3 is 2.24 bits per heavy atom. The van der Waals surface area contributed by atoms with Gasteiger partial charge >= 0.3 is 12.1 Å². The van der Waals surface area contributed by atoms with Crippen molar-refractivity contribution < 1.29 is 28.0 Å². The first-order chi connectivity index (χ1) is 11.6. The van der Waals surface area contributed by atoms with E-state index in [1.807, 2.05) is 22.6 Å². The minimum atomic E-state index is -4.77. The third-order valence-corrected chi connectivity index (χ3v) is 3.94. The van der Waals surface area contributed by atoms with E-state index in [-0.39, 0.29) is 0 Å². The van der Waals surface area contributed by atoms with Crippen molar-refractivity contribution in [3.63, 3.8) is 0 Å². The van der Waals surface area contributed by atoms with Gasteiger partial charge in [0.2, 0.25) is 0 Å². The monoisotopic (exact) mass is 463 g/mol. The van der Waals surface area contributed by atoms with Crippen molar-refractivity contribution in [2.45, 2.75) is 6.18 Å². The van der Waals surface area contributed by atoms with Gasteiger partial charge in [0, 0.05) is 9.64 Å². The lowest BCUT2D eigenvalue weighted by Crippen LogP contribution is -2.08. The van der Waals surface area contributed by atoms with E-state index in [9.17, 15) is 33.2 Å². The van der Waals surface area contributed by atoms with Gasteiger partial charge in [-0.15, -0.1) is 0 Å². The molecule has 0 atom stereocenters. The van der Waals surface area contributed by atoms with Gasteiger partial charge in [0.05, 0.1) is 21.6 Å². The van der Waals surface area contributed by atoms with Crippen LogP contribution in [0.2, 0.25) is 0 Å². The summed E-state index contributed by atoms with van der Waals surface area (Å²) < 4.78 is 39.2. The molecule has 0 unspecified atom stereocenters. The molecule has 0 saturated heterocycles. The second-order valence-corrected chi connectivity index (χ2v) is 6.15. The predicted molar refractivity (Wildman–Crippen MR) is 92.8 cm³/mol. The fraction of sp³-hybridized carbons (Fsp3) is 0.0625. The Morgan fingerprint density at radius 2 is 1.76 bits per heavy atom. The Hall–Kier alpha value is -2.43. The first-order valence-electron chi connectivity index (χ1n) is 6.66. The van der Waals surface area contributed by atoms with Gasteiger partial charge in [-0.3, -0.25) is 10.1 Å². The highest BCUT2D eigenvalue weighted by Gasteiger charge is 2.34. The van der Waals surface area contributed by atoms with E-state index in [2.05, 4.69) is 0 Å². The molecule has 9 heteroatoms. The smallest absolute Gasteiger partial charge is 0.416 e. The largest absolute Gasteiger partial charge is 0.478 e. The number of hydrogen-bond acceptors (Lipinski definition) is 3. The standard InChI is InChI=1S/C16H9F3INO4/c17-16(18,19)10-3-6-12(14(8-10)21(24)25)13(15(22)23)7-9-1-4-11(20)5-2-9/h1-8H,(H,22,23)/b13-7+. The Kier molecular flexibility index (Phi) is 5.45.